The van der Waals surface area contributed by atoms with Crippen LogP contribution in [0.15, 0.2) is 16.8 Å². The van der Waals surface area contributed by atoms with Crippen LogP contribution in [-0.2, 0) is 14.3 Å². The molecule has 2 N–H and O–H groups in total. The molecule has 0 fully saturated rings. The quantitative estimate of drug-likeness (QED) is 0.332. The van der Waals surface area contributed by atoms with Crippen molar-refractivity contribution in [3.05, 3.63) is 22.1 Å². The van der Waals surface area contributed by atoms with E-state index in [-0.39, 0.29) is 24.5 Å². The Morgan fingerprint density at radius 1 is 1.68 bits per heavy atom. The summed E-state index contributed by atoms with van der Waals surface area (Å²) >= 11 is 0. The van der Waals surface area contributed by atoms with Gasteiger partial charge in [-0.05, 0) is 25.0 Å². The molecule has 0 aliphatic heterocycles. The van der Waals surface area contributed by atoms with E-state index in [2.05, 4.69) is 15.3 Å². The Morgan fingerprint density at radius 2 is 2.37 bits per heavy atom. The molecule has 0 aromatic rings. The lowest BCUT2D eigenvalue weighted by Gasteiger charge is -2.31. The fourth-order valence-corrected chi connectivity index (χ4v) is 1.93. The Labute approximate surface area is 110 Å². The van der Waals surface area contributed by atoms with Gasteiger partial charge in [0, 0.05) is 17.4 Å². The average molecular weight is 268 g/mol. The van der Waals surface area contributed by atoms with E-state index >= 15 is 0 Å². The molecule has 8 heteroatoms. The Hall–Kier alpha value is -2.05. The summed E-state index contributed by atoms with van der Waals surface area (Å²) in [6, 6.07) is -1.47. The highest BCUT2D eigenvalue weighted by Gasteiger charge is 2.34. The summed E-state index contributed by atoms with van der Waals surface area (Å²) in [5.74, 6) is -0.906. The van der Waals surface area contributed by atoms with Crippen LogP contribution in [0.2, 0.25) is 0 Å². The van der Waals surface area contributed by atoms with Crippen molar-refractivity contribution in [2.24, 2.45) is 5.11 Å². The van der Waals surface area contributed by atoms with Crippen molar-refractivity contribution in [2.45, 2.75) is 38.5 Å². The molecule has 0 saturated heterocycles. The number of esters is 1. The highest BCUT2D eigenvalue weighted by Crippen LogP contribution is 2.23. The molecule has 3 atom stereocenters. The highest BCUT2D eigenvalue weighted by atomic mass is 16.5. The molecule has 0 spiro atoms. The molecular weight excluding hydrogens is 252 g/mol. The Morgan fingerprint density at radius 3 is 2.89 bits per heavy atom. The first-order valence-electron chi connectivity index (χ1n) is 5.86. The normalized spacial score (nSPS) is 25.8. The van der Waals surface area contributed by atoms with Crippen LogP contribution in [0, 0.1) is 0 Å². The summed E-state index contributed by atoms with van der Waals surface area (Å²) in [7, 11) is 0. The van der Waals surface area contributed by atoms with Gasteiger partial charge in [-0.1, -0.05) is 5.11 Å². The number of hydrogen-bond acceptors (Lipinski definition) is 5. The number of hydrogen-bond donors (Lipinski definition) is 2. The van der Waals surface area contributed by atoms with Crippen molar-refractivity contribution in [3.63, 3.8) is 0 Å². The van der Waals surface area contributed by atoms with Gasteiger partial charge in [0.05, 0.1) is 24.8 Å². The molecule has 0 aromatic heterocycles. The molecule has 0 radical (unpaired) electrons. The maximum atomic E-state index is 11.6. The van der Waals surface area contributed by atoms with Gasteiger partial charge >= 0.3 is 5.97 Å². The van der Waals surface area contributed by atoms with Crippen molar-refractivity contribution >= 4 is 11.9 Å². The second-order valence-corrected chi connectivity index (χ2v) is 4.11. The lowest BCUT2D eigenvalue weighted by molar-refractivity contribution is -0.139. The standard InChI is InChI=1S/C11H16N4O4/c1-3-19-11(18)7-4-8(14-15-12)10(9(17)5-7)13-6(2)16/h5,8-10,17H,3-4H2,1-2H3,(H,13,16). The van der Waals surface area contributed by atoms with Crippen molar-refractivity contribution in [2.75, 3.05) is 6.61 Å². The zero-order valence-corrected chi connectivity index (χ0v) is 10.7. The Kier molecular flexibility index (Phi) is 5.35. The predicted octanol–water partition coefficient (Wildman–Crippen LogP) is 0.424. The third-order valence-electron chi connectivity index (χ3n) is 2.69. The third-order valence-corrected chi connectivity index (χ3v) is 2.69. The SMILES string of the molecule is CCOC(=O)C1=CC(O)C(NC(C)=O)C(N=[N+]=[N-])C1. The molecular formula is C11H16N4O4. The molecule has 0 heterocycles. The van der Waals surface area contributed by atoms with Crippen LogP contribution in [-0.4, -0.2) is 41.8 Å². The van der Waals surface area contributed by atoms with Gasteiger partial charge in [-0.3, -0.25) is 4.79 Å². The first-order valence-corrected chi connectivity index (χ1v) is 5.86. The van der Waals surface area contributed by atoms with Gasteiger partial charge in [0.1, 0.15) is 0 Å². The fraction of sp³-hybridized carbons (Fsp3) is 0.636. The van der Waals surface area contributed by atoms with Gasteiger partial charge < -0.3 is 15.2 Å². The maximum Gasteiger partial charge on any atom is 0.333 e. The van der Waals surface area contributed by atoms with Gasteiger partial charge in [-0.15, -0.1) is 0 Å². The van der Waals surface area contributed by atoms with Gasteiger partial charge in [-0.25, -0.2) is 4.79 Å². The molecule has 1 aliphatic carbocycles. The van der Waals surface area contributed by atoms with Gasteiger partial charge in [0.2, 0.25) is 5.91 Å². The number of carbonyl (C=O) groups is 2. The lowest BCUT2D eigenvalue weighted by Crippen LogP contribution is -2.51. The molecule has 104 valence electrons. The zero-order chi connectivity index (χ0) is 14.4. The van der Waals surface area contributed by atoms with Crippen LogP contribution >= 0.6 is 0 Å². The molecule has 0 saturated carbocycles. The van der Waals surface area contributed by atoms with E-state index in [1.807, 2.05) is 0 Å². The number of aliphatic hydroxyl groups is 1. The molecule has 0 aromatic carbocycles. The van der Waals surface area contributed by atoms with Crippen LogP contribution in [0.1, 0.15) is 20.3 Å². The Bertz CT molecular complexity index is 442. The summed E-state index contributed by atoms with van der Waals surface area (Å²) in [4.78, 5) is 25.3. The van der Waals surface area contributed by atoms with E-state index < -0.39 is 24.2 Å². The smallest absolute Gasteiger partial charge is 0.333 e. The lowest BCUT2D eigenvalue weighted by atomic mass is 9.88. The second kappa shape index (κ2) is 6.77. The van der Waals surface area contributed by atoms with E-state index in [1.54, 1.807) is 6.92 Å². The second-order valence-electron chi connectivity index (χ2n) is 4.11. The van der Waals surface area contributed by atoms with E-state index in [4.69, 9.17) is 10.3 Å². The van der Waals surface area contributed by atoms with Crippen LogP contribution in [0.4, 0.5) is 0 Å². The van der Waals surface area contributed by atoms with Crippen molar-refractivity contribution < 1.29 is 19.4 Å². The number of azide groups is 1. The predicted molar refractivity (Wildman–Crippen MR) is 65.9 cm³/mol. The third kappa shape index (κ3) is 3.97. The van der Waals surface area contributed by atoms with E-state index in [0.717, 1.165) is 0 Å². The Balaban J connectivity index is 2.95. The van der Waals surface area contributed by atoms with Crippen molar-refractivity contribution in [3.8, 4) is 0 Å². The molecule has 1 amide bonds. The van der Waals surface area contributed by atoms with Gasteiger partial charge in [-0.2, -0.15) is 0 Å². The largest absolute Gasteiger partial charge is 0.463 e. The first-order chi connectivity index (χ1) is 8.99. The minimum atomic E-state index is -1.10. The van der Waals surface area contributed by atoms with E-state index in [1.165, 1.54) is 13.0 Å². The number of ether oxygens (including phenoxy) is 1. The van der Waals surface area contributed by atoms with Crippen LogP contribution in [0.5, 0.6) is 0 Å². The monoisotopic (exact) mass is 268 g/mol. The number of nitrogens with zero attached hydrogens (tertiary/aromatic N) is 3. The van der Waals surface area contributed by atoms with Crippen LogP contribution in [0.25, 0.3) is 10.4 Å². The minimum absolute atomic E-state index is 0.116. The number of carbonyl (C=O) groups excluding carboxylic acids is 2. The number of nitrogens with one attached hydrogen (secondary N) is 1. The average Bonchev–Trinajstić information content (AvgIpc) is 2.33. The van der Waals surface area contributed by atoms with Crippen molar-refractivity contribution in [1.29, 1.82) is 0 Å². The molecule has 0 bridgehead atoms. The van der Waals surface area contributed by atoms with Crippen molar-refractivity contribution in [1.82, 2.24) is 5.32 Å². The van der Waals surface area contributed by atoms with Crippen LogP contribution in [0.3, 0.4) is 0 Å². The number of rotatable bonds is 4. The zero-order valence-electron chi connectivity index (χ0n) is 10.7. The molecule has 3 unspecified atom stereocenters. The first kappa shape index (κ1) is 15.0. The van der Waals surface area contributed by atoms with Gasteiger partial charge in [0.25, 0.3) is 0 Å². The summed E-state index contributed by atoms with van der Waals surface area (Å²) in [5, 5.41) is 15.9. The van der Waals surface area contributed by atoms with Gasteiger partial charge in [0.15, 0.2) is 0 Å². The maximum absolute atomic E-state index is 11.6. The summed E-state index contributed by atoms with van der Waals surface area (Å²) in [5.41, 5.74) is 8.76. The molecule has 1 aliphatic rings. The van der Waals surface area contributed by atoms with Crippen LogP contribution < -0.4 is 5.32 Å². The molecule has 19 heavy (non-hydrogen) atoms. The summed E-state index contributed by atoms with van der Waals surface area (Å²) < 4.78 is 4.83. The molecule has 1 rings (SSSR count). The minimum Gasteiger partial charge on any atom is -0.463 e. The van der Waals surface area contributed by atoms with E-state index in [9.17, 15) is 14.7 Å². The summed E-state index contributed by atoms with van der Waals surface area (Å²) in [6.45, 7) is 3.18. The van der Waals surface area contributed by atoms with E-state index in [0.29, 0.717) is 0 Å². The summed E-state index contributed by atoms with van der Waals surface area (Å²) in [6.07, 6.45) is 0.333. The number of amides is 1. The topological polar surface area (TPSA) is 124 Å². The fourth-order valence-electron chi connectivity index (χ4n) is 1.93. The number of aliphatic hydroxyl groups excluding tert-OH is 1. The molecule has 8 nitrogen and oxygen atoms in total. The highest BCUT2D eigenvalue weighted by molar-refractivity contribution is 5.89.